The van der Waals surface area contributed by atoms with Crippen LogP contribution in [0.1, 0.15) is 31.2 Å². The van der Waals surface area contributed by atoms with Gasteiger partial charge >= 0.3 is 0 Å². The summed E-state index contributed by atoms with van der Waals surface area (Å²) >= 11 is 0. The summed E-state index contributed by atoms with van der Waals surface area (Å²) in [5.74, 6) is 0.132. The molecule has 3 aromatic rings. The van der Waals surface area contributed by atoms with Crippen LogP contribution >= 0.6 is 0 Å². The van der Waals surface area contributed by atoms with E-state index in [1.807, 2.05) is 24.4 Å². The lowest BCUT2D eigenvalue weighted by atomic mass is 9.89. The molecule has 1 aliphatic rings. The van der Waals surface area contributed by atoms with Gasteiger partial charge in [-0.2, -0.15) is 0 Å². The molecule has 164 valence electrons. The Morgan fingerprint density at radius 2 is 1.84 bits per heavy atom. The second-order valence-corrected chi connectivity index (χ2v) is 10.2. The summed E-state index contributed by atoms with van der Waals surface area (Å²) in [6, 6.07) is 10.5. The number of piperidine rings is 1. The van der Waals surface area contributed by atoms with Crippen molar-refractivity contribution in [1.29, 1.82) is 0 Å². The van der Waals surface area contributed by atoms with E-state index in [9.17, 15) is 17.6 Å². The molecule has 0 aliphatic carbocycles. The van der Waals surface area contributed by atoms with Crippen molar-refractivity contribution in [3.8, 4) is 5.75 Å². The van der Waals surface area contributed by atoms with Gasteiger partial charge in [-0.25, -0.2) is 12.8 Å². The number of carbonyl (C=O) groups excluding carboxylic acids is 1. The van der Waals surface area contributed by atoms with Crippen LogP contribution in [0.15, 0.2) is 53.6 Å². The lowest BCUT2D eigenvalue weighted by Gasteiger charge is -2.33. The summed E-state index contributed by atoms with van der Waals surface area (Å²) in [7, 11) is -2.24. The molecule has 1 aromatic heterocycles. The Morgan fingerprint density at radius 1 is 1.16 bits per heavy atom. The predicted octanol–water partition coefficient (Wildman–Crippen LogP) is 3.88. The number of fused-ring (bicyclic) bond motifs is 1. The summed E-state index contributed by atoms with van der Waals surface area (Å²) in [5.41, 5.74) is 2.22. The molecule has 0 bridgehead atoms. The fourth-order valence-electron chi connectivity index (χ4n) is 4.22. The second-order valence-electron chi connectivity index (χ2n) is 7.90. The maximum atomic E-state index is 13.1. The highest BCUT2D eigenvalue weighted by Gasteiger charge is 2.35. The zero-order valence-corrected chi connectivity index (χ0v) is 18.3. The number of H-pyrrole nitrogens is 1. The number of amides is 1. The van der Waals surface area contributed by atoms with Crippen molar-refractivity contribution in [3.05, 3.63) is 60.0 Å². The minimum Gasteiger partial charge on any atom is -0.497 e. The van der Waals surface area contributed by atoms with Crippen molar-refractivity contribution >= 4 is 26.6 Å². The van der Waals surface area contributed by atoms with Crippen LogP contribution in [0.3, 0.4) is 0 Å². The summed E-state index contributed by atoms with van der Waals surface area (Å²) in [4.78, 5) is 17.8. The number of ether oxygens (including phenoxy) is 1. The Hall–Kier alpha value is -2.87. The van der Waals surface area contributed by atoms with Gasteiger partial charge in [-0.1, -0.05) is 0 Å². The molecule has 8 heteroatoms. The highest BCUT2D eigenvalue weighted by Crippen LogP contribution is 2.35. The lowest BCUT2D eigenvalue weighted by Crippen LogP contribution is -2.45. The highest BCUT2D eigenvalue weighted by atomic mass is 32.2. The number of hydrogen-bond donors (Lipinski definition) is 1. The third kappa shape index (κ3) is 4.04. The number of hydrogen-bond acceptors (Lipinski definition) is 4. The molecule has 1 saturated heterocycles. The number of likely N-dealkylation sites (tertiary alicyclic amines) is 1. The van der Waals surface area contributed by atoms with Crippen molar-refractivity contribution in [3.63, 3.8) is 0 Å². The van der Waals surface area contributed by atoms with Gasteiger partial charge in [0.05, 0.1) is 12.0 Å². The van der Waals surface area contributed by atoms with Gasteiger partial charge in [0.25, 0.3) is 0 Å². The Morgan fingerprint density at radius 3 is 2.48 bits per heavy atom. The third-order valence-corrected chi connectivity index (χ3v) is 8.18. The van der Waals surface area contributed by atoms with Crippen LogP contribution in [0.25, 0.3) is 10.9 Å². The van der Waals surface area contributed by atoms with Crippen LogP contribution in [-0.2, 0) is 14.6 Å². The van der Waals surface area contributed by atoms with Crippen LogP contribution < -0.4 is 4.74 Å². The first kappa shape index (κ1) is 21.4. The number of sulfone groups is 1. The second kappa shape index (κ2) is 8.34. The molecule has 1 N–H and O–H groups in total. The van der Waals surface area contributed by atoms with E-state index in [4.69, 9.17) is 4.74 Å². The number of nitrogens with one attached hydrogen (secondary N) is 1. The minimum absolute atomic E-state index is 0.0441. The maximum absolute atomic E-state index is 13.1. The Labute approximate surface area is 180 Å². The summed E-state index contributed by atoms with van der Waals surface area (Å²) in [6.45, 7) is 2.38. The zero-order chi connectivity index (χ0) is 22.2. The van der Waals surface area contributed by atoms with Gasteiger partial charge in [0.15, 0.2) is 9.84 Å². The van der Waals surface area contributed by atoms with Crippen LogP contribution in [0.2, 0.25) is 0 Å². The van der Waals surface area contributed by atoms with Gasteiger partial charge in [-0.05, 0) is 73.7 Å². The van der Waals surface area contributed by atoms with E-state index in [2.05, 4.69) is 4.98 Å². The standard InChI is InChI=1S/C23H25FN2O4S/c1-15(31(28,29)19-6-3-17(24)4-7-19)23(27)26-11-9-16(10-12-26)21-14-25-22-8-5-18(30-2)13-20(21)22/h3-8,13-16,25H,9-12H2,1-2H3. The molecule has 0 saturated carbocycles. The molecule has 4 rings (SSSR count). The van der Waals surface area contributed by atoms with Gasteiger partial charge in [-0.15, -0.1) is 0 Å². The van der Waals surface area contributed by atoms with Crippen molar-refractivity contribution in [2.24, 2.45) is 0 Å². The number of aromatic nitrogens is 1. The molecule has 1 unspecified atom stereocenters. The highest BCUT2D eigenvalue weighted by molar-refractivity contribution is 7.92. The molecule has 2 heterocycles. The third-order valence-electron chi connectivity index (χ3n) is 6.12. The molecule has 2 aromatic carbocycles. The Kier molecular flexibility index (Phi) is 5.75. The number of methoxy groups -OCH3 is 1. The molecule has 1 aliphatic heterocycles. The predicted molar refractivity (Wildman–Crippen MR) is 116 cm³/mol. The molecule has 0 radical (unpaired) electrons. The van der Waals surface area contributed by atoms with E-state index in [1.54, 1.807) is 12.0 Å². The van der Waals surface area contributed by atoms with E-state index < -0.39 is 26.8 Å². The molecule has 0 spiro atoms. The Balaban J connectivity index is 1.46. The van der Waals surface area contributed by atoms with E-state index in [0.717, 1.165) is 41.6 Å². The smallest absolute Gasteiger partial charge is 0.241 e. The van der Waals surface area contributed by atoms with Crippen molar-refractivity contribution in [1.82, 2.24) is 9.88 Å². The van der Waals surface area contributed by atoms with Crippen molar-refractivity contribution in [2.75, 3.05) is 20.2 Å². The fraction of sp³-hybridized carbons (Fsp3) is 0.348. The first-order valence-corrected chi connectivity index (χ1v) is 11.8. The minimum atomic E-state index is -3.87. The fourth-order valence-corrected chi connectivity index (χ4v) is 5.55. The molecular weight excluding hydrogens is 419 g/mol. The van der Waals surface area contributed by atoms with E-state index >= 15 is 0 Å². The van der Waals surface area contributed by atoms with E-state index in [0.29, 0.717) is 13.1 Å². The van der Waals surface area contributed by atoms with Crippen molar-refractivity contribution in [2.45, 2.75) is 35.8 Å². The first-order chi connectivity index (χ1) is 14.8. The number of rotatable bonds is 5. The number of carbonyl (C=O) groups is 1. The Bertz CT molecular complexity index is 1200. The summed E-state index contributed by atoms with van der Waals surface area (Å²) in [5, 5.41) is -0.108. The molecule has 1 amide bonds. The van der Waals surface area contributed by atoms with E-state index in [1.165, 1.54) is 24.6 Å². The van der Waals surface area contributed by atoms with Crippen molar-refractivity contribution < 1.29 is 22.3 Å². The summed E-state index contributed by atoms with van der Waals surface area (Å²) in [6.07, 6.45) is 3.51. The van der Waals surface area contributed by atoms with Crippen LogP contribution in [0.5, 0.6) is 5.75 Å². The molecule has 1 atom stereocenters. The number of halogens is 1. The summed E-state index contributed by atoms with van der Waals surface area (Å²) < 4.78 is 44.1. The van der Waals surface area contributed by atoms with Gasteiger partial charge in [0.2, 0.25) is 5.91 Å². The van der Waals surface area contributed by atoms with Crippen LogP contribution in [0, 0.1) is 5.82 Å². The zero-order valence-electron chi connectivity index (χ0n) is 17.5. The number of aromatic amines is 1. The number of benzene rings is 2. The van der Waals surface area contributed by atoms with Crippen LogP contribution in [0.4, 0.5) is 4.39 Å². The van der Waals surface area contributed by atoms with Gasteiger partial charge in [0, 0.05) is 30.2 Å². The lowest BCUT2D eigenvalue weighted by molar-refractivity contribution is -0.131. The maximum Gasteiger partial charge on any atom is 0.241 e. The molecule has 6 nitrogen and oxygen atoms in total. The molecule has 1 fully saturated rings. The number of nitrogens with zero attached hydrogens (tertiary/aromatic N) is 1. The SMILES string of the molecule is COc1ccc2[nH]cc(C3CCN(C(=O)C(C)S(=O)(=O)c4ccc(F)cc4)CC3)c2c1. The quantitative estimate of drug-likeness (QED) is 0.606. The topological polar surface area (TPSA) is 79.5 Å². The average molecular weight is 445 g/mol. The average Bonchev–Trinajstić information content (AvgIpc) is 3.21. The molecular formula is C23H25FN2O4S. The first-order valence-electron chi connectivity index (χ1n) is 10.2. The molecule has 31 heavy (non-hydrogen) atoms. The van der Waals surface area contributed by atoms with Gasteiger partial charge in [0.1, 0.15) is 16.8 Å². The van der Waals surface area contributed by atoms with Gasteiger partial charge in [-0.3, -0.25) is 4.79 Å². The normalized spacial score (nSPS) is 16.4. The largest absolute Gasteiger partial charge is 0.497 e. The van der Waals surface area contributed by atoms with Crippen LogP contribution in [-0.4, -0.2) is 49.7 Å². The van der Waals surface area contributed by atoms with E-state index in [-0.39, 0.29) is 10.8 Å². The van der Waals surface area contributed by atoms with Gasteiger partial charge < -0.3 is 14.6 Å². The monoisotopic (exact) mass is 444 g/mol.